The van der Waals surface area contributed by atoms with Crippen molar-refractivity contribution in [2.45, 2.75) is 24.3 Å². The Kier molecular flexibility index (Phi) is 7.31. The predicted octanol–water partition coefficient (Wildman–Crippen LogP) is 6.07. The molecule has 0 saturated heterocycles. The number of allylic oxidation sites excluding steroid dienone is 1. The van der Waals surface area contributed by atoms with E-state index in [0.29, 0.717) is 20.3 Å². The molecule has 0 aromatic heterocycles. The highest BCUT2D eigenvalue weighted by molar-refractivity contribution is 9.11. The van der Waals surface area contributed by atoms with Crippen LogP contribution >= 0.6 is 43.6 Å². The third-order valence-corrected chi connectivity index (χ3v) is 5.62. The Morgan fingerprint density at radius 2 is 1.67 bits per heavy atom. The van der Waals surface area contributed by atoms with Crippen molar-refractivity contribution >= 4 is 61.5 Å². The lowest BCUT2D eigenvalue weighted by Crippen LogP contribution is -2.38. The fourth-order valence-electron chi connectivity index (χ4n) is 2.10. The van der Waals surface area contributed by atoms with Crippen LogP contribution < -0.4 is 4.74 Å². The molecule has 2 aromatic rings. The monoisotopic (exact) mass is 512 g/mol. The molecule has 0 atom stereocenters. The average molecular weight is 514 g/mol. The third-order valence-electron chi connectivity index (χ3n) is 3.69. The quantitative estimate of drug-likeness (QED) is 0.276. The predicted molar refractivity (Wildman–Crippen MR) is 116 cm³/mol. The van der Waals surface area contributed by atoms with Gasteiger partial charge in [-0.25, -0.2) is 4.79 Å². The van der Waals surface area contributed by atoms with Crippen LogP contribution in [0.5, 0.6) is 5.75 Å². The van der Waals surface area contributed by atoms with Crippen molar-refractivity contribution in [1.29, 1.82) is 0 Å². The van der Waals surface area contributed by atoms with Crippen LogP contribution in [-0.4, -0.2) is 28.7 Å². The standard InChI is InChI=1S/C20H18Br2O4S/c1-20(2,19(24)25)26-18-15(21)10-12(11-16(18)22)4-9-17(23)13-5-7-14(27-3)8-6-13/h4-11H,1-3H3,(H,24,25). The van der Waals surface area contributed by atoms with Crippen molar-refractivity contribution in [2.24, 2.45) is 0 Å². The lowest BCUT2D eigenvalue weighted by molar-refractivity contribution is -0.152. The molecule has 2 aromatic carbocycles. The number of carboxylic acid groups (broad SMARTS) is 1. The van der Waals surface area contributed by atoms with E-state index in [-0.39, 0.29) is 5.78 Å². The van der Waals surface area contributed by atoms with Crippen LogP contribution in [0.15, 0.2) is 56.3 Å². The summed E-state index contributed by atoms with van der Waals surface area (Å²) in [6, 6.07) is 11.0. The van der Waals surface area contributed by atoms with E-state index in [9.17, 15) is 14.7 Å². The Morgan fingerprint density at radius 3 is 2.15 bits per heavy atom. The van der Waals surface area contributed by atoms with Crippen LogP contribution in [0.4, 0.5) is 0 Å². The summed E-state index contributed by atoms with van der Waals surface area (Å²) in [5.41, 5.74) is 0.00931. The average Bonchev–Trinajstić information content (AvgIpc) is 2.62. The molecule has 4 nitrogen and oxygen atoms in total. The number of ether oxygens (including phenoxy) is 1. The van der Waals surface area contributed by atoms with Gasteiger partial charge in [-0.2, -0.15) is 0 Å². The van der Waals surface area contributed by atoms with E-state index in [4.69, 9.17) is 4.74 Å². The van der Waals surface area contributed by atoms with E-state index < -0.39 is 11.6 Å². The molecule has 142 valence electrons. The molecule has 0 spiro atoms. The molecule has 0 unspecified atom stereocenters. The zero-order valence-electron chi connectivity index (χ0n) is 15.0. The highest BCUT2D eigenvalue weighted by Crippen LogP contribution is 2.37. The van der Waals surface area contributed by atoms with Gasteiger partial charge in [-0.05, 0) is 100 Å². The highest BCUT2D eigenvalue weighted by Gasteiger charge is 2.31. The van der Waals surface area contributed by atoms with Gasteiger partial charge in [0.05, 0.1) is 8.95 Å². The largest absolute Gasteiger partial charge is 0.478 e. The van der Waals surface area contributed by atoms with E-state index in [1.54, 1.807) is 42.1 Å². The molecule has 1 N–H and O–H groups in total. The van der Waals surface area contributed by atoms with Crippen molar-refractivity contribution in [3.05, 3.63) is 62.5 Å². The van der Waals surface area contributed by atoms with Gasteiger partial charge in [0, 0.05) is 10.5 Å². The number of hydrogen-bond donors (Lipinski definition) is 1. The molecule has 0 saturated carbocycles. The second-order valence-corrected chi connectivity index (χ2v) is 8.75. The minimum atomic E-state index is -1.37. The molecule has 0 aliphatic heterocycles. The first-order valence-electron chi connectivity index (χ1n) is 7.92. The number of carbonyl (C=O) groups excluding carboxylic acids is 1. The summed E-state index contributed by atoms with van der Waals surface area (Å²) < 4.78 is 6.78. The number of rotatable bonds is 7. The van der Waals surface area contributed by atoms with Crippen molar-refractivity contribution in [3.63, 3.8) is 0 Å². The topological polar surface area (TPSA) is 63.6 Å². The Bertz CT molecular complexity index is 866. The van der Waals surface area contributed by atoms with Gasteiger partial charge in [-0.3, -0.25) is 4.79 Å². The molecular weight excluding hydrogens is 496 g/mol. The zero-order chi connectivity index (χ0) is 20.2. The van der Waals surface area contributed by atoms with Gasteiger partial charge in [0.2, 0.25) is 0 Å². The second kappa shape index (κ2) is 9.08. The molecule has 0 bridgehead atoms. The summed E-state index contributed by atoms with van der Waals surface area (Å²) in [5, 5.41) is 9.22. The van der Waals surface area contributed by atoms with Gasteiger partial charge in [0.25, 0.3) is 0 Å². The summed E-state index contributed by atoms with van der Waals surface area (Å²) >= 11 is 8.42. The maximum atomic E-state index is 12.3. The molecule has 0 heterocycles. The fourth-order valence-corrected chi connectivity index (χ4v) is 3.89. The number of thioether (sulfide) groups is 1. The van der Waals surface area contributed by atoms with Gasteiger partial charge in [0.15, 0.2) is 11.4 Å². The molecule has 7 heteroatoms. The molecule has 0 radical (unpaired) electrons. The Hall–Kier alpha value is -1.57. The highest BCUT2D eigenvalue weighted by atomic mass is 79.9. The first-order chi connectivity index (χ1) is 12.6. The van der Waals surface area contributed by atoms with Crippen LogP contribution in [0, 0.1) is 0 Å². The van der Waals surface area contributed by atoms with Crippen LogP contribution in [0.2, 0.25) is 0 Å². The van der Waals surface area contributed by atoms with Gasteiger partial charge < -0.3 is 9.84 Å². The number of hydrogen-bond acceptors (Lipinski definition) is 4. The van der Waals surface area contributed by atoms with Gasteiger partial charge >= 0.3 is 5.97 Å². The Labute approximate surface area is 179 Å². The summed E-state index contributed by atoms with van der Waals surface area (Å²) in [6.07, 6.45) is 5.19. The third kappa shape index (κ3) is 5.70. The smallest absolute Gasteiger partial charge is 0.347 e. The fraction of sp³-hybridized carbons (Fsp3) is 0.200. The summed E-state index contributed by atoms with van der Waals surface area (Å²) in [7, 11) is 0. The van der Waals surface area contributed by atoms with Crippen LogP contribution in [0.25, 0.3) is 6.08 Å². The van der Waals surface area contributed by atoms with Crippen molar-refractivity contribution in [3.8, 4) is 5.75 Å². The number of carbonyl (C=O) groups is 2. The maximum Gasteiger partial charge on any atom is 0.347 e. The maximum absolute atomic E-state index is 12.3. The van der Waals surface area contributed by atoms with Crippen molar-refractivity contribution < 1.29 is 19.4 Å². The number of ketones is 1. The Morgan fingerprint density at radius 1 is 1.11 bits per heavy atom. The minimum Gasteiger partial charge on any atom is -0.478 e. The molecule has 0 aliphatic rings. The van der Waals surface area contributed by atoms with Crippen molar-refractivity contribution in [2.75, 3.05) is 6.26 Å². The van der Waals surface area contributed by atoms with E-state index in [1.807, 2.05) is 18.4 Å². The van der Waals surface area contributed by atoms with Gasteiger partial charge in [-0.15, -0.1) is 11.8 Å². The summed E-state index contributed by atoms with van der Waals surface area (Å²) in [6.45, 7) is 2.95. The lowest BCUT2D eigenvalue weighted by Gasteiger charge is -2.23. The van der Waals surface area contributed by atoms with E-state index in [0.717, 1.165) is 10.5 Å². The van der Waals surface area contributed by atoms with Crippen LogP contribution in [-0.2, 0) is 4.79 Å². The lowest BCUT2D eigenvalue weighted by atomic mass is 10.1. The van der Waals surface area contributed by atoms with E-state index in [2.05, 4.69) is 31.9 Å². The summed E-state index contributed by atoms with van der Waals surface area (Å²) in [5.74, 6) is -0.774. The van der Waals surface area contributed by atoms with Gasteiger partial charge in [-0.1, -0.05) is 6.08 Å². The molecule has 27 heavy (non-hydrogen) atoms. The van der Waals surface area contributed by atoms with Crippen LogP contribution in [0.1, 0.15) is 29.8 Å². The van der Waals surface area contributed by atoms with Crippen molar-refractivity contribution in [1.82, 2.24) is 0 Å². The van der Waals surface area contributed by atoms with E-state index in [1.165, 1.54) is 19.9 Å². The zero-order valence-corrected chi connectivity index (χ0v) is 18.9. The molecular formula is C20H18Br2O4S. The molecule has 0 fully saturated rings. The number of halogens is 2. The molecule has 0 amide bonds. The number of benzene rings is 2. The Balaban J connectivity index is 2.20. The normalized spacial score (nSPS) is 11.6. The SMILES string of the molecule is CSc1ccc(C(=O)C=Cc2cc(Br)c(OC(C)(C)C(=O)O)c(Br)c2)cc1. The molecule has 0 aliphatic carbocycles. The number of carboxylic acids is 1. The molecule has 2 rings (SSSR count). The first kappa shape index (κ1) is 21.7. The minimum absolute atomic E-state index is 0.0952. The van der Waals surface area contributed by atoms with E-state index >= 15 is 0 Å². The van der Waals surface area contributed by atoms with Gasteiger partial charge in [0.1, 0.15) is 5.75 Å². The summed E-state index contributed by atoms with van der Waals surface area (Å²) in [4.78, 5) is 24.7. The first-order valence-corrected chi connectivity index (χ1v) is 10.7. The second-order valence-electron chi connectivity index (χ2n) is 6.16. The van der Waals surface area contributed by atoms with Crippen LogP contribution in [0.3, 0.4) is 0 Å². The number of aliphatic carboxylic acids is 1.